The predicted molar refractivity (Wildman–Crippen MR) is 80.2 cm³/mol. The second-order valence-electron chi connectivity index (χ2n) is 4.35. The average Bonchev–Trinajstić information content (AvgIpc) is 2.46. The number of esters is 1. The molecule has 0 spiro atoms. The summed E-state index contributed by atoms with van der Waals surface area (Å²) in [5.41, 5.74) is 4.96. The molecular weight excluding hydrogens is 256 g/mol. The van der Waals surface area contributed by atoms with Gasteiger partial charge in [-0.25, -0.2) is 4.79 Å². The highest BCUT2D eigenvalue weighted by atomic mass is 28.3. The molecule has 3 nitrogen and oxygen atoms in total. The van der Waals surface area contributed by atoms with E-state index in [1.807, 2.05) is 11.4 Å². The van der Waals surface area contributed by atoms with E-state index in [-0.39, 0.29) is 5.97 Å². The fourth-order valence-corrected chi connectivity index (χ4v) is 3.14. The van der Waals surface area contributed by atoms with E-state index in [0.29, 0.717) is 17.7 Å². The Hall–Kier alpha value is -1.81. The number of hydrogen-bond donors (Lipinski definition) is 0. The fourth-order valence-electron chi connectivity index (χ4n) is 1.70. The Morgan fingerprint density at radius 1 is 1.32 bits per heavy atom. The SMILES string of the molecule is C=C[SiH](C=C)C(C)COc1ccc(C(=O)OC)cc1. The van der Waals surface area contributed by atoms with Crippen molar-refractivity contribution in [1.29, 1.82) is 0 Å². The minimum Gasteiger partial charge on any atom is -0.494 e. The van der Waals surface area contributed by atoms with E-state index in [1.165, 1.54) is 7.11 Å². The lowest BCUT2D eigenvalue weighted by atomic mass is 10.2. The maximum Gasteiger partial charge on any atom is 0.337 e. The zero-order valence-electron chi connectivity index (χ0n) is 11.5. The lowest BCUT2D eigenvalue weighted by Gasteiger charge is -2.16. The van der Waals surface area contributed by atoms with Crippen LogP contribution in [-0.4, -0.2) is 28.5 Å². The van der Waals surface area contributed by atoms with Gasteiger partial charge in [0.2, 0.25) is 0 Å². The molecule has 1 rings (SSSR count). The van der Waals surface area contributed by atoms with Gasteiger partial charge in [0.15, 0.2) is 0 Å². The average molecular weight is 276 g/mol. The molecule has 0 aliphatic heterocycles. The van der Waals surface area contributed by atoms with Crippen molar-refractivity contribution in [1.82, 2.24) is 0 Å². The van der Waals surface area contributed by atoms with Crippen molar-refractivity contribution in [3.05, 3.63) is 54.4 Å². The van der Waals surface area contributed by atoms with Crippen LogP contribution in [0.5, 0.6) is 5.75 Å². The van der Waals surface area contributed by atoms with E-state index in [9.17, 15) is 4.79 Å². The van der Waals surface area contributed by atoms with Gasteiger partial charge in [0.25, 0.3) is 0 Å². The van der Waals surface area contributed by atoms with Gasteiger partial charge in [0.05, 0.1) is 28.1 Å². The van der Waals surface area contributed by atoms with E-state index in [0.717, 1.165) is 5.75 Å². The Labute approximate surface area is 116 Å². The zero-order chi connectivity index (χ0) is 14.3. The maximum absolute atomic E-state index is 11.3. The largest absolute Gasteiger partial charge is 0.494 e. The van der Waals surface area contributed by atoms with Crippen molar-refractivity contribution in [2.75, 3.05) is 13.7 Å². The van der Waals surface area contributed by atoms with Crippen LogP contribution in [0.2, 0.25) is 5.54 Å². The summed E-state index contributed by atoms with van der Waals surface area (Å²) in [5, 5.41) is 0. The minimum atomic E-state index is -1.13. The van der Waals surface area contributed by atoms with Gasteiger partial charge in [0.1, 0.15) is 5.75 Å². The monoisotopic (exact) mass is 276 g/mol. The number of hydrogen-bond acceptors (Lipinski definition) is 3. The van der Waals surface area contributed by atoms with Crippen LogP contribution in [-0.2, 0) is 4.74 Å². The lowest BCUT2D eigenvalue weighted by molar-refractivity contribution is 0.0600. The number of carbonyl (C=O) groups excluding carboxylic acids is 1. The van der Waals surface area contributed by atoms with Gasteiger partial charge in [-0.15, -0.1) is 24.6 Å². The molecule has 19 heavy (non-hydrogen) atoms. The summed E-state index contributed by atoms with van der Waals surface area (Å²) in [6.07, 6.45) is 0. The van der Waals surface area contributed by atoms with Crippen molar-refractivity contribution in [3.63, 3.8) is 0 Å². The summed E-state index contributed by atoms with van der Waals surface area (Å²) < 4.78 is 10.3. The summed E-state index contributed by atoms with van der Waals surface area (Å²) in [5.74, 6) is 0.408. The number of methoxy groups -OCH3 is 1. The molecule has 0 amide bonds. The Morgan fingerprint density at radius 3 is 2.37 bits per heavy atom. The third kappa shape index (κ3) is 4.41. The van der Waals surface area contributed by atoms with E-state index in [1.54, 1.807) is 24.3 Å². The molecule has 1 unspecified atom stereocenters. The summed E-state index contributed by atoms with van der Waals surface area (Å²) >= 11 is 0. The van der Waals surface area contributed by atoms with Crippen molar-refractivity contribution in [2.24, 2.45) is 0 Å². The molecular formula is C15H20O3Si. The molecule has 0 fully saturated rings. The smallest absolute Gasteiger partial charge is 0.337 e. The molecule has 0 aliphatic rings. The molecule has 0 aromatic heterocycles. The molecule has 4 heteroatoms. The molecule has 0 heterocycles. The molecule has 1 aromatic carbocycles. The summed E-state index contributed by atoms with van der Waals surface area (Å²) in [6, 6.07) is 6.94. The van der Waals surface area contributed by atoms with Gasteiger partial charge < -0.3 is 9.47 Å². The topological polar surface area (TPSA) is 35.5 Å². The van der Waals surface area contributed by atoms with Gasteiger partial charge in [-0.2, -0.15) is 0 Å². The second-order valence-corrected chi connectivity index (χ2v) is 7.59. The molecule has 102 valence electrons. The number of carbonyl (C=O) groups is 1. The molecule has 0 saturated heterocycles. The first-order valence-electron chi connectivity index (χ1n) is 6.18. The van der Waals surface area contributed by atoms with Gasteiger partial charge in [0, 0.05) is 0 Å². The molecule has 1 atom stereocenters. The number of benzene rings is 1. The third-order valence-electron chi connectivity index (χ3n) is 2.99. The normalized spacial score (nSPS) is 11.7. The summed E-state index contributed by atoms with van der Waals surface area (Å²) in [6.45, 7) is 10.4. The van der Waals surface area contributed by atoms with E-state index < -0.39 is 8.80 Å². The Balaban J connectivity index is 2.56. The molecule has 0 radical (unpaired) electrons. The Morgan fingerprint density at radius 2 is 1.89 bits per heavy atom. The number of rotatable bonds is 7. The highest BCUT2D eigenvalue weighted by Crippen LogP contribution is 2.17. The standard InChI is InChI=1S/C15H20O3Si/c1-5-19(6-2)12(3)11-18-14-9-7-13(8-10-14)15(16)17-4/h5-10,12,19H,1-2,11H2,3-4H3. The van der Waals surface area contributed by atoms with Crippen molar-refractivity contribution >= 4 is 14.8 Å². The predicted octanol–water partition coefficient (Wildman–Crippen LogP) is 2.92. The molecule has 0 aliphatic carbocycles. The van der Waals surface area contributed by atoms with Crippen molar-refractivity contribution < 1.29 is 14.3 Å². The minimum absolute atomic E-state index is 0.342. The van der Waals surface area contributed by atoms with Crippen LogP contribution in [0.3, 0.4) is 0 Å². The van der Waals surface area contributed by atoms with E-state index in [2.05, 4.69) is 24.8 Å². The van der Waals surface area contributed by atoms with Gasteiger partial charge in [-0.1, -0.05) is 6.92 Å². The van der Waals surface area contributed by atoms with Crippen LogP contribution >= 0.6 is 0 Å². The highest BCUT2D eigenvalue weighted by Gasteiger charge is 2.13. The zero-order valence-corrected chi connectivity index (χ0v) is 12.6. The quantitative estimate of drug-likeness (QED) is 0.567. The summed E-state index contributed by atoms with van der Waals surface area (Å²) in [7, 11) is 0.235. The van der Waals surface area contributed by atoms with Crippen LogP contribution in [0.1, 0.15) is 17.3 Å². The molecule has 0 bridgehead atoms. The van der Waals surface area contributed by atoms with Gasteiger partial charge in [-0.05, 0) is 29.8 Å². The number of ether oxygens (including phenoxy) is 2. The van der Waals surface area contributed by atoms with Crippen molar-refractivity contribution in [2.45, 2.75) is 12.5 Å². The lowest BCUT2D eigenvalue weighted by Crippen LogP contribution is -2.19. The second kappa shape index (κ2) is 7.58. The first-order chi connectivity index (χ1) is 9.12. The molecule has 1 aromatic rings. The van der Waals surface area contributed by atoms with Crippen LogP contribution in [0.4, 0.5) is 0 Å². The Bertz CT molecular complexity index is 431. The van der Waals surface area contributed by atoms with Crippen LogP contribution in [0.25, 0.3) is 0 Å². The summed E-state index contributed by atoms with van der Waals surface area (Å²) in [4.78, 5) is 11.3. The first-order valence-corrected chi connectivity index (χ1v) is 8.18. The third-order valence-corrected chi connectivity index (χ3v) is 5.58. The van der Waals surface area contributed by atoms with E-state index in [4.69, 9.17) is 4.74 Å². The van der Waals surface area contributed by atoms with Crippen LogP contribution < -0.4 is 4.74 Å². The van der Waals surface area contributed by atoms with Gasteiger partial charge >= 0.3 is 5.97 Å². The molecule has 0 saturated carbocycles. The van der Waals surface area contributed by atoms with Crippen LogP contribution in [0.15, 0.2) is 48.8 Å². The maximum atomic E-state index is 11.3. The Kier molecular flexibility index (Phi) is 6.09. The highest BCUT2D eigenvalue weighted by molar-refractivity contribution is 6.70. The van der Waals surface area contributed by atoms with Gasteiger partial charge in [-0.3, -0.25) is 0 Å². The van der Waals surface area contributed by atoms with Crippen molar-refractivity contribution in [3.8, 4) is 5.75 Å². The molecule has 0 N–H and O–H groups in total. The van der Waals surface area contributed by atoms with Crippen LogP contribution in [0, 0.1) is 0 Å². The first kappa shape index (κ1) is 15.2. The van der Waals surface area contributed by atoms with E-state index >= 15 is 0 Å². The fraction of sp³-hybridized carbons (Fsp3) is 0.267.